The van der Waals surface area contributed by atoms with E-state index in [1.807, 2.05) is 13.8 Å². The van der Waals surface area contributed by atoms with E-state index in [1.165, 1.54) is 0 Å². The second kappa shape index (κ2) is 6.35. The van der Waals surface area contributed by atoms with Gasteiger partial charge in [0.1, 0.15) is 15.8 Å². The SMILES string of the molecule is C=CCN(C(=O)Cn1nc(Br)cc1Br)C(C)C. The van der Waals surface area contributed by atoms with E-state index in [1.54, 1.807) is 21.7 Å². The third kappa shape index (κ3) is 3.96. The van der Waals surface area contributed by atoms with Crippen molar-refractivity contribution in [1.29, 1.82) is 0 Å². The molecule has 1 rings (SSSR count). The van der Waals surface area contributed by atoms with Gasteiger partial charge in [-0.05, 0) is 45.7 Å². The Morgan fingerprint density at radius 3 is 2.71 bits per heavy atom. The summed E-state index contributed by atoms with van der Waals surface area (Å²) < 4.78 is 3.10. The number of halogens is 2. The standard InChI is InChI=1S/C11H15Br2N3O/c1-4-5-15(8(2)3)11(17)7-16-10(13)6-9(12)14-16/h4,6,8H,1,5,7H2,2-3H3. The molecule has 4 nitrogen and oxygen atoms in total. The zero-order valence-electron chi connectivity index (χ0n) is 9.86. The van der Waals surface area contributed by atoms with Crippen LogP contribution in [0.15, 0.2) is 27.9 Å². The predicted octanol–water partition coefficient (Wildman–Crippen LogP) is 2.83. The van der Waals surface area contributed by atoms with E-state index in [2.05, 4.69) is 43.5 Å². The maximum absolute atomic E-state index is 12.1. The molecule has 0 radical (unpaired) electrons. The molecule has 0 bridgehead atoms. The Hall–Kier alpha value is -0.620. The number of carbonyl (C=O) groups is 1. The highest BCUT2D eigenvalue weighted by atomic mass is 79.9. The number of hydrogen-bond acceptors (Lipinski definition) is 2. The summed E-state index contributed by atoms with van der Waals surface area (Å²) in [6.45, 7) is 8.40. The van der Waals surface area contributed by atoms with Crippen LogP contribution >= 0.6 is 31.9 Å². The molecule has 1 heterocycles. The fraction of sp³-hybridized carbons (Fsp3) is 0.455. The van der Waals surface area contributed by atoms with Gasteiger partial charge in [0.2, 0.25) is 5.91 Å². The maximum Gasteiger partial charge on any atom is 0.244 e. The summed E-state index contributed by atoms with van der Waals surface area (Å²) in [5, 5.41) is 4.17. The quantitative estimate of drug-likeness (QED) is 0.753. The van der Waals surface area contributed by atoms with Crippen molar-refractivity contribution >= 4 is 37.8 Å². The van der Waals surface area contributed by atoms with Gasteiger partial charge in [0.05, 0.1) is 0 Å². The third-order valence-electron chi connectivity index (χ3n) is 2.26. The number of carbonyl (C=O) groups excluding carboxylic acids is 1. The fourth-order valence-electron chi connectivity index (χ4n) is 1.43. The predicted molar refractivity (Wildman–Crippen MR) is 74.7 cm³/mol. The van der Waals surface area contributed by atoms with E-state index in [9.17, 15) is 4.79 Å². The molecule has 0 aromatic carbocycles. The van der Waals surface area contributed by atoms with Crippen LogP contribution in [0.4, 0.5) is 0 Å². The Kier molecular flexibility index (Phi) is 5.39. The van der Waals surface area contributed by atoms with Crippen LogP contribution in [0.2, 0.25) is 0 Å². The molecule has 0 aliphatic heterocycles. The maximum atomic E-state index is 12.1. The van der Waals surface area contributed by atoms with Gasteiger partial charge in [-0.2, -0.15) is 5.10 Å². The normalized spacial score (nSPS) is 10.6. The molecule has 6 heteroatoms. The summed E-state index contributed by atoms with van der Waals surface area (Å²) in [4.78, 5) is 13.8. The van der Waals surface area contributed by atoms with Gasteiger partial charge in [-0.15, -0.1) is 6.58 Å². The number of hydrogen-bond donors (Lipinski definition) is 0. The molecule has 0 saturated carbocycles. The van der Waals surface area contributed by atoms with Gasteiger partial charge in [0.25, 0.3) is 0 Å². The van der Waals surface area contributed by atoms with Gasteiger partial charge in [-0.3, -0.25) is 4.79 Å². The van der Waals surface area contributed by atoms with Crippen molar-refractivity contribution in [3.8, 4) is 0 Å². The van der Waals surface area contributed by atoms with E-state index in [0.29, 0.717) is 11.1 Å². The first kappa shape index (κ1) is 14.4. The Bertz CT molecular complexity index is 415. The van der Waals surface area contributed by atoms with Crippen LogP contribution in [0.5, 0.6) is 0 Å². The van der Waals surface area contributed by atoms with E-state index < -0.39 is 0 Å². The Morgan fingerprint density at radius 2 is 2.29 bits per heavy atom. The van der Waals surface area contributed by atoms with Crippen molar-refractivity contribution in [2.45, 2.75) is 26.4 Å². The smallest absolute Gasteiger partial charge is 0.244 e. The Balaban J connectivity index is 2.76. The molecule has 0 saturated heterocycles. The van der Waals surface area contributed by atoms with Crippen LogP contribution in [0.1, 0.15) is 13.8 Å². The first-order chi connectivity index (χ1) is 7.95. The molecule has 17 heavy (non-hydrogen) atoms. The molecule has 94 valence electrons. The zero-order chi connectivity index (χ0) is 13.0. The summed E-state index contributed by atoms with van der Waals surface area (Å²) in [6.07, 6.45) is 1.73. The summed E-state index contributed by atoms with van der Waals surface area (Å²) in [5.74, 6) is 0.0243. The Labute approximate surface area is 118 Å². The minimum Gasteiger partial charge on any atom is -0.335 e. The lowest BCUT2D eigenvalue weighted by Gasteiger charge is -2.25. The lowest BCUT2D eigenvalue weighted by molar-refractivity contribution is -0.133. The monoisotopic (exact) mass is 363 g/mol. The fourth-order valence-corrected chi connectivity index (χ4v) is 2.57. The van der Waals surface area contributed by atoms with Gasteiger partial charge in [0.15, 0.2) is 0 Å². The summed E-state index contributed by atoms with van der Waals surface area (Å²) >= 11 is 6.62. The highest BCUT2D eigenvalue weighted by Gasteiger charge is 2.17. The number of amides is 1. The lowest BCUT2D eigenvalue weighted by Crippen LogP contribution is -2.39. The topological polar surface area (TPSA) is 38.1 Å². The van der Waals surface area contributed by atoms with Crippen molar-refractivity contribution in [3.05, 3.63) is 27.9 Å². The molecule has 0 spiro atoms. The molecular weight excluding hydrogens is 350 g/mol. The highest BCUT2D eigenvalue weighted by Crippen LogP contribution is 2.16. The van der Waals surface area contributed by atoms with Crippen molar-refractivity contribution in [2.24, 2.45) is 0 Å². The Morgan fingerprint density at radius 1 is 1.65 bits per heavy atom. The van der Waals surface area contributed by atoms with Crippen molar-refractivity contribution in [2.75, 3.05) is 6.54 Å². The molecule has 1 aromatic rings. The van der Waals surface area contributed by atoms with Crippen molar-refractivity contribution in [3.63, 3.8) is 0 Å². The average Bonchev–Trinajstić information content (AvgIpc) is 2.53. The molecular formula is C11H15Br2N3O. The van der Waals surface area contributed by atoms with E-state index in [0.717, 1.165) is 4.60 Å². The third-order valence-corrected chi connectivity index (χ3v) is 3.28. The number of aromatic nitrogens is 2. The van der Waals surface area contributed by atoms with E-state index >= 15 is 0 Å². The van der Waals surface area contributed by atoms with Crippen LogP contribution in [0.3, 0.4) is 0 Å². The summed E-state index contributed by atoms with van der Waals surface area (Å²) in [5.41, 5.74) is 0. The number of rotatable bonds is 5. The van der Waals surface area contributed by atoms with E-state index in [-0.39, 0.29) is 18.5 Å². The lowest BCUT2D eigenvalue weighted by atomic mass is 10.3. The van der Waals surface area contributed by atoms with E-state index in [4.69, 9.17) is 0 Å². The second-order valence-electron chi connectivity index (χ2n) is 3.88. The highest BCUT2D eigenvalue weighted by molar-refractivity contribution is 9.11. The summed E-state index contributed by atoms with van der Waals surface area (Å²) in [7, 11) is 0. The zero-order valence-corrected chi connectivity index (χ0v) is 13.0. The average molecular weight is 365 g/mol. The number of nitrogens with zero attached hydrogens (tertiary/aromatic N) is 3. The molecule has 0 unspecified atom stereocenters. The molecule has 0 aliphatic rings. The van der Waals surface area contributed by atoms with Crippen LogP contribution in [-0.2, 0) is 11.3 Å². The molecule has 0 fully saturated rings. The molecule has 1 aromatic heterocycles. The molecule has 0 atom stereocenters. The van der Waals surface area contributed by atoms with Gasteiger partial charge >= 0.3 is 0 Å². The molecule has 1 amide bonds. The van der Waals surface area contributed by atoms with Crippen LogP contribution in [0.25, 0.3) is 0 Å². The van der Waals surface area contributed by atoms with Crippen LogP contribution in [-0.4, -0.2) is 33.2 Å². The van der Waals surface area contributed by atoms with Crippen LogP contribution < -0.4 is 0 Å². The van der Waals surface area contributed by atoms with Gasteiger partial charge in [-0.25, -0.2) is 4.68 Å². The molecule has 0 aliphatic carbocycles. The van der Waals surface area contributed by atoms with Gasteiger partial charge in [0, 0.05) is 18.7 Å². The van der Waals surface area contributed by atoms with Gasteiger partial charge in [-0.1, -0.05) is 6.08 Å². The van der Waals surface area contributed by atoms with Crippen LogP contribution in [0, 0.1) is 0 Å². The second-order valence-corrected chi connectivity index (χ2v) is 5.50. The van der Waals surface area contributed by atoms with Crippen molar-refractivity contribution < 1.29 is 4.79 Å². The molecule has 0 N–H and O–H groups in total. The minimum absolute atomic E-state index is 0.0243. The summed E-state index contributed by atoms with van der Waals surface area (Å²) in [6, 6.07) is 1.96. The minimum atomic E-state index is 0.0243. The largest absolute Gasteiger partial charge is 0.335 e. The first-order valence-corrected chi connectivity index (χ1v) is 6.83. The first-order valence-electron chi connectivity index (χ1n) is 5.25. The van der Waals surface area contributed by atoms with Gasteiger partial charge < -0.3 is 4.90 Å². The van der Waals surface area contributed by atoms with Crippen molar-refractivity contribution in [1.82, 2.24) is 14.7 Å².